The van der Waals surface area contributed by atoms with Gasteiger partial charge >= 0.3 is 0 Å². The van der Waals surface area contributed by atoms with Crippen molar-refractivity contribution in [3.05, 3.63) is 78.1 Å². The molecule has 2 aromatic heterocycles. The quantitative estimate of drug-likeness (QED) is 0.124. The molecule has 3 heterocycles. The van der Waals surface area contributed by atoms with Crippen molar-refractivity contribution < 1.29 is 18.7 Å². The summed E-state index contributed by atoms with van der Waals surface area (Å²) in [5, 5.41) is 9.51. The maximum absolute atomic E-state index is 15.6. The van der Waals surface area contributed by atoms with Crippen LogP contribution in [0.15, 0.2) is 61.0 Å². The van der Waals surface area contributed by atoms with E-state index in [0.717, 1.165) is 33.8 Å². The van der Waals surface area contributed by atoms with Crippen LogP contribution >= 0.6 is 8.58 Å². The number of carbonyl (C=O) groups excluding carboxylic acids is 1. The van der Waals surface area contributed by atoms with Gasteiger partial charge in [0.2, 0.25) is 0 Å². The zero-order valence-electron chi connectivity index (χ0n) is 28.0. The van der Waals surface area contributed by atoms with Gasteiger partial charge in [0.15, 0.2) is 17.4 Å². The van der Waals surface area contributed by atoms with E-state index in [9.17, 15) is 4.79 Å². The fourth-order valence-electron chi connectivity index (χ4n) is 4.31. The van der Waals surface area contributed by atoms with E-state index in [1.54, 1.807) is 18.2 Å². The first kappa shape index (κ1) is 37.2. The zero-order valence-corrected chi connectivity index (χ0v) is 29.0. The van der Waals surface area contributed by atoms with E-state index < -0.39 is 17.9 Å². The van der Waals surface area contributed by atoms with Crippen molar-refractivity contribution >= 4 is 20.1 Å². The highest BCUT2D eigenvalue weighted by atomic mass is 31.1. The Morgan fingerprint density at radius 1 is 1.09 bits per heavy atom. The molecule has 0 spiro atoms. The van der Waals surface area contributed by atoms with Gasteiger partial charge in [0.25, 0.3) is 5.91 Å². The summed E-state index contributed by atoms with van der Waals surface area (Å²) in [5.74, 6) is -0.117. The number of pyridine rings is 1. The molecule has 2 unspecified atom stereocenters. The van der Waals surface area contributed by atoms with E-state index >= 15 is 4.48 Å². The normalized spacial score (nSPS) is 14.1. The fraction of sp³-hybridized carbons (Fsp3) is 0.559. The Hall–Kier alpha value is -3.03. The Bertz CT molecular complexity index is 1270. The van der Waals surface area contributed by atoms with Gasteiger partial charge in [-0.2, -0.15) is 5.12 Å². The second-order valence-electron chi connectivity index (χ2n) is 11.7. The van der Waals surface area contributed by atoms with E-state index in [4.69, 9.17) is 9.47 Å². The molecule has 44 heavy (non-hydrogen) atoms. The third-order valence-electron chi connectivity index (χ3n) is 7.10. The molecule has 1 fully saturated rings. The van der Waals surface area contributed by atoms with E-state index in [2.05, 4.69) is 44.2 Å². The summed E-state index contributed by atoms with van der Waals surface area (Å²) >= 11 is 0. The molecule has 8 nitrogen and oxygen atoms in total. The largest absolute Gasteiger partial charge is 0.473 e. The van der Waals surface area contributed by atoms with E-state index in [0.29, 0.717) is 53.7 Å². The molecule has 0 radical (unpaired) electrons. The van der Waals surface area contributed by atoms with Crippen LogP contribution in [0.25, 0.3) is 5.65 Å². The molecule has 1 aromatic carbocycles. The minimum atomic E-state index is -0.873. The predicted molar refractivity (Wildman–Crippen MR) is 180 cm³/mol. The molecule has 1 amide bonds. The number of hydrogen-bond donors (Lipinski definition) is 0. The number of aromatic nitrogens is 3. The second-order valence-corrected chi connectivity index (χ2v) is 13.7. The minimum Gasteiger partial charge on any atom is -0.473 e. The van der Waals surface area contributed by atoms with Crippen LogP contribution in [0.3, 0.4) is 0 Å². The van der Waals surface area contributed by atoms with Crippen LogP contribution in [-0.2, 0) is 27.3 Å². The van der Waals surface area contributed by atoms with Crippen molar-refractivity contribution in [3.63, 3.8) is 0 Å². The van der Waals surface area contributed by atoms with Crippen molar-refractivity contribution in [1.29, 1.82) is 0 Å². The number of aryl methyl sites for hydroxylation is 1. The van der Waals surface area contributed by atoms with Gasteiger partial charge < -0.3 is 14.4 Å². The lowest BCUT2D eigenvalue weighted by Gasteiger charge is -2.30. The molecule has 3 aromatic rings. The molecule has 1 aliphatic rings. The molecule has 244 valence electrons. The number of morpholine rings is 1. The molecular weight excluding hydrogens is 576 g/mol. The van der Waals surface area contributed by atoms with Crippen LogP contribution in [-0.4, -0.2) is 68.7 Å². The number of ether oxygens (including phenoxy) is 2. The van der Waals surface area contributed by atoms with Gasteiger partial charge in [-0.25, -0.2) is 0 Å². The van der Waals surface area contributed by atoms with Gasteiger partial charge in [0.05, 0.1) is 18.9 Å². The first-order chi connectivity index (χ1) is 21.0. The third kappa shape index (κ3) is 11.5. The summed E-state index contributed by atoms with van der Waals surface area (Å²) in [6.45, 7) is 23.3. The van der Waals surface area contributed by atoms with Crippen molar-refractivity contribution in [3.8, 4) is 0 Å². The van der Waals surface area contributed by atoms with Gasteiger partial charge in [-0.05, 0) is 55.4 Å². The van der Waals surface area contributed by atoms with Gasteiger partial charge in [-0.1, -0.05) is 89.3 Å². The average molecular weight is 630 g/mol. The third-order valence-corrected chi connectivity index (χ3v) is 8.60. The number of carbonyl (C=O) groups is 1. The lowest BCUT2D eigenvalue weighted by atomic mass is 10.0. The summed E-state index contributed by atoms with van der Waals surface area (Å²) in [7, 11) is 1.07. The Morgan fingerprint density at radius 2 is 1.73 bits per heavy atom. The summed E-state index contributed by atoms with van der Waals surface area (Å²) in [6, 6.07) is 14.7. The number of hydrogen-bond acceptors (Lipinski definition) is 6. The fourth-order valence-corrected chi connectivity index (χ4v) is 4.31. The molecule has 4 rings (SSSR count). The first-order valence-corrected chi connectivity index (χ1v) is 17.2. The highest BCUT2D eigenvalue weighted by Crippen LogP contribution is 2.29. The molecule has 1 aliphatic heterocycles. The van der Waals surface area contributed by atoms with Gasteiger partial charge in [-0.3, -0.25) is 9.20 Å². The number of amides is 1. The Labute approximate surface area is 265 Å². The molecule has 0 aliphatic carbocycles. The zero-order chi connectivity index (χ0) is 32.7. The Kier molecular flexibility index (Phi) is 15.8. The van der Waals surface area contributed by atoms with Crippen LogP contribution in [0.2, 0.25) is 0 Å². The van der Waals surface area contributed by atoms with Crippen LogP contribution < -0.4 is 0 Å². The topological polar surface area (TPSA) is 72.2 Å². The number of halogens is 1. The van der Waals surface area contributed by atoms with Gasteiger partial charge in [0, 0.05) is 19.0 Å². The summed E-state index contributed by atoms with van der Waals surface area (Å²) < 4.78 is 28.7. The van der Waals surface area contributed by atoms with Crippen LogP contribution in [0.5, 0.6) is 0 Å². The average Bonchev–Trinajstić information content (AvgIpc) is 3.47. The van der Waals surface area contributed by atoms with Crippen molar-refractivity contribution in [1.82, 2.24) is 24.6 Å². The molecule has 2 atom stereocenters. The molecule has 0 saturated carbocycles. The highest BCUT2D eigenvalue weighted by molar-refractivity contribution is 7.38. The molecule has 0 bridgehead atoms. The Balaban J connectivity index is 0.000000755. The standard InChI is InChI=1S/C27H34FN5O3.C5H13P.C2H6/c1-20(2)27(34)33(28)24(13-7-11-22-9-5-4-6-10-22)26-30-29-25-14-8-12-23(32(25)26)19-36-21(3)31-15-17-35-18-16-31;1-5(2,3)6-4;1-2/h4-6,8-10,12,14,20,24H,3,7,11,13,15-19H2,1-2H3;6H,1-4H3;1-2H3. The van der Waals surface area contributed by atoms with Crippen LogP contribution in [0, 0.1) is 5.92 Å². The summed E-state index contributed by atoms with van der Waals surface area (Å²) in [6.07, 6.45) is 1.86. The highest BCUT2D eigenvalue weighted by Gasteiger charge is 2.31. The van der Waals surface area contributed by atoms with Crippen LogP contribution in [0.1, 0.15) is 84.4 Å². The van der Waals surface area contributed by atoms with Gasteiger partial charge in [-0.15, -0.1) is 18.8 Å². The SMILES string of the molecule is C=C(OCc1cccc2nnc(C(CCCc3ccccc3)N(F)C(=O)C(C)C)n12)N1CCOCC1.CC.CPC(C)(C)C. The monoisotopic (exact) mass is 629 g/mol. The van der Waals surface area contributed by atoms with Crippen LogP contribution in [0.4, 0.5) is 4.48 Å². The number of nitrogens with zero attached hydrogens (tertiary/aromatic N) is 5. The number of rotatable bonds is 11. The van der Waals surface area contributed by atoms with E-state index in [1.807, 2.05) is 67.3 Å². The lowest BCUT2D eigenvalue weighted by molar-refractivity contribution is -0.157. The van der Waals surface area contributed by atoms with E-state index in [-0.39, 0.29) is 6.61 Å². The molecular formula is C34H53FN5O3P. The number of fused-ring (bicyclic) bond motifs is 1. The minimum absolute atomic E-state index is 0.208. The first-order valence-electron chi connectivity index (χ1n) is 15.7. The second kappa shape index (κ2) is 18.7. The molecule has 1 saturated heterocycles. The van der Waals surface area contributed by atoms with Gasteiger partial charge in [0.1, 0.15) is 12.6 Å². The maximum Gasteiger partial charge on any atom is 0.253 e. The van der Waals surface area contributed by atoms with Crippen molar-refractivity contribution in [2.24, 2.45) is 5.92 Å². The summed E-state index contributed by atoms with van der Waals surface area (Å²) in [4.78, 5) is 14.7. The predicted octanol–water partition coefficient (Wildman–Crippen LogP) is 7.60. The smallest absolute Gasteiger partial charge is 0.253 e. The van der Waals surface area contributed by atoms with Crippen molar-refractivity contribution in [2.45, 2.75) is 85.5 Å². The molecule has 10 heteroatoms. The Morgan fingerprint density at radius 3 is 2.32 bits per heavy atom. The lowest BCUT2D eigenvalue weighted by Crippen LogP contribution is -2.36. The maximum atomic E-state index is 15.6. The van der Waals surface area contributed by atoms with Crippen molar-refractivity contribution in [2.75, 3.05) is 33.0 Å². The van der Waals surface area contributed by atoms with E-state index in [1.165, 1.54) is 5.56 Å². The molecule has 0 N–H and O–H groups in total. The number of benzene rings is 1. The summed E-state index contributed by atoms with van der Waals surface area (Å²) in [5.41, 5.74) is 2.49.